The maximum absolute atomic E-state index is 7.00. The molecule has 9 heteroatoms. The fraction of sp³-hybridized carbons (Fsp3) is 0.298. The second kappa shape index (κ2) is 28.8. The van der Waals surface area contributed by atoms with E-state index in [9.17, 15) is 0 Å². The van der Waals surface area contributed by atoms with Crippen molar-refractivity contribution in [1.82, 2.24) is 0 Å². The molecule has 0 unspecified atom stereocenters. The van der Waals surface area contributed by atoms with E-state index in [1.807, 2.05) is 105 Å². The van der Waals surface area contributed by atoms with E-state index in [2.05, 4.69) is 154 Å². The summed E-state index contributed by atoms with van der Waals surface area (Å²) in [6.07, 6.45) is 0. The van der Waals surface area contributed by atoms with E-state index in [1.54, 1.807) is 14.1 Å². The van der Waals surface area contributed by atoms with Crippen molar-refractivity contribution >= 4 is 77.2 Å². The Labute approximate surface area is 394 Å². The number of aliphatic hydroxyl groups excluding tert-OH is 1. The van der Waals surface area contributed by atoms with Crippen LogP contribution in [0.5, 0.6) is 0 Å². The topological polar surface area (TPSA) is 119 Å². The highest BCUT2D eigenvalue weighted by molar-refractivity contribution is 6.00. The van der Waals surface area contributed by atoms with Crippen LogP contribution in [-0.2, 0) is 0 Å². The first kappa shape index (κ1) is 55.3. The summed E-state index contributed by atoms with van der Waals surface area (Å²) in [4.78, 5) is 0. The molecule has 0 radical (unpaired) electrons. The van der Waals surface area contributed by atoms with Crippen LogP contribution in [0.15, 0.2) is 162 Å². The maximum Gasteiger partial charge on any atom is 0.0937 e. The van der Waals surface area contributed by atoms with Crippen LogP contribution >= 0.6 is 0 Å². The normalized spacial score (nSPS) is 10.6. The summed E-state index contributed by atoms with van der Waals surface area (Å²) in [6.45, 7) is 28.6. The van der Waals surface area contributed by atoms with Crippen molar-refractivity contribution in [3.8, 4) is 0 Å². The number of fused-ring (bicyclic) bond motifs is 4. The van der Waals surface area contributed by atoms with E-state index in [4.69, 9.17) is 5.11 Å². The third-order valence-corrected chi connectivity index (χ3v) is 9.84. The molecule has 0 bridgehead atoms. The zero-order chi connectivity index (χ0) is 49.3. The van der Waals surface area contributed by atoms with Gasteiger partial charge in [-0.1, -0.05) is 133 Å². The molecule has 1 N–H and O–H groups in total. The summed E-state index contributed by atoms with van der Waals surface area (Å²) < 4.78 is 0. The second-order valence-corrected chi connectivity index (χ2v) is 14.3. The Morgan fingerprint density at radius 3 is 1.26 bits per heavy atom. The molecule has 0 aromatic heterocycles. The van der Waals surface area contributed by atoms with Gasteiger partial charge < -0.3 is 5.11 Å². The molecule has 0 spiro atoms. The first-order chi connectivity index (χ1) is 32.1. The van der Waals surface area contributed by atoms with E-state index in [0.717, 1.165) is 68.3 Å². The summed E-state index contributed by atoms with van der Waals surface area (Å²) >= 11 is 0. The average Bonchev–Trinajstić information content (AvgIpc) is 3.34. The smallest absolute Gasteiger partial charge is 0.0937 e. The standard InChI is InChI=1S/2C24H22N4.4C2H6.CH4O/c1-15-5-7-21-22(13-15)24(10-9-23(21)27-25-4)28-26-19-6-8-20-17(3)11-16(2)12-18(20)14-19;1-15-10-16(2)21-9-8-20(13-19(21)11-15)26-28-23-7-5-6-18-14-24(27-25-4)17(3)12-22(18)23;5*1-2/h2*5-14H,1-4H3;4*1-2H3;2H,1H3. The number of hydrogen-bond acceptors (Lipinski definition) is 9. The molecular formula is C57H72N8O. The van der Waals surface area contributed by atoms with Crippen molar-refractivity contribution in [2.24, 2.45) is 40.9 Å². The minimum atomic E-state index is 0.828. The predicted octanol–water partition coefficient (Wildman–Crippen LogP) is 19.8. The van der Waals surface area contributed by atoms with Gasteiger partial charge in [0.25, 0.3) is 0 Å². The van der Waals surface area contributed by atoms with Gasteiger partial charge in [-0.2, -0.15) is 30.7 Å². The van der Waals surface area contributed by atoms with Crippen molar-refractivity contribution in [3.63, 3.8) is 0 Å². The zero-order valence-electron chi connectivity index (χ0n) is 42.6. The molecule has 0 amide bonds. The van der Waals surface area contributed by atoms with Crippen LogP contribution < -0.4 is 0 Å². The van der Waals surface area contributed by atoms with Crippen molar-refractivity contribution in [2.75, 3.05) is 21.2 Å². The van der Waals surface area contributed by atoms with E-state index in [0.29, 0.717) is 0 Å². The van der Waals surface area contributed by atoms with Gasteiger partial charge in [0.2, 0.25) is 0 Å². The molecule has 0 aliphatic carbocycles. The molecule has 0 heterocycles. The fourth-order valence-corrected chi connectivity index (χ4v) is 7.24. The molecule has 346 valence electrons. The van der Waals surface area contributed by atoms with Crippen LogP contribution in [0, 0.1) is 41.5 Å². The SMILES string of the molecule is CC.CC.CC.CC.CN=Nc1cc2cccc(N=Nc3ccc4c(C)cc(C)cc4c3)c2cc1C.CN=Nc1ccc(N=Nc2ccc3c(C)cc(C)cc3c2)c2cc(C)ccc12.CO. The van der Waals surface area contributed by atoms with Gasteiger partial charge in [-0.15, -0.1) is 10.2 Å². The lowest BCUT2D eigenvalue weighted by Gasteiger charge is -2.06. The molecular weight excluding hydrogens is 813 g/mol. The molecule has 8 rings (SSSR count). The number of nitrogens with zero attached hydrogens (tertiary/aromatic N) is 8. The minimum absolute atomic E-state index is 0.828. The maximum atomic E-state index is 7.00. The van der Waals surface area contributed by atoms with Crippen LogP contribution in [0.4, 0.5) is 34.1 Å². The molecule has 0 saturated heterocycles. The third kappa shape index (κ3) is 14.6. The Kier molecular flexibility index (Phi) is 24.2. The molecule has 9 nitrogen and oxygen atoms in total. The zero-order valence-corrected chi connectivity index (χ0v) is 42.6. The first-order valence-corrected chi connectivity index (χ1v) is 23.1. The van der Waals surface area contributed by atoms with Gasteiger partial charge >= 0.3 is 0 Å². The average molecular weight is 885 g/mol. The van der Waals surface area contributed by atoms with Gasteiger partial charge in [0, 0.05) is 37.4 Å². The number of hydrogen-bond donors (Lipinski definition) is 1. The Morgan fingerprint density at radius 2 is 0.758 bits per heavy atom. The van der Waals surface area contributed by atoms with Gasteiger partial charge in [0.1, 0.15) is 0 Å². The van der Waals surface area contributed by atoms with Gasteiger partial charge in [-0.05, 0) is 146 Å². The largest absolute Gasteiger partial charge is 0.400 e. The molecule has 0 atom stereocenters. The molecule has 8 aromatic rings. The molecule has 0 aliphatic rings. The number of benzene rings is 8. The van der Waals surface area contributed by atoms with Gasteiger partial charge in [0.15, 0.2) is 0 Å². The summed E-state index contributed by atoms with van der Waals surface area (Å²) in [7, 11) is 4.36. The van der Waals surface area contributed by atoms with Crippen molar-refractivity contribution in [1.29, 1.82) is 0 Å². The molecule has 0 saturated carbocycles. The van der Waals surface area contributed by atoms with E-state index < -0.39 is 0 Å². The van der Waals surface area contributed by atoms with Crippen LogP contribution in [-0.4, -0.2) is 26.3 Å². The molecule has 0 aliphatic heterocycles. The molecule has 66 heavy (non-hydrogen) atoms. The van der Waals surface area contributed by atoms with Gasteiger partial charge in [-0.3, -0.25) is 0 Å². The lowest BCUT2D eigenvalue weighted by Crippen LogP contribution is -1.81. The Bertz CT molecular complexity index is 2910. The second-order valence-electron chi connectivity index (χ2n) is 14.3. The number of azo groups is 4. The van der Waals surface area contributed by atoms with Gasteiger partial charge in [0.05, 0.1) is 34.1 Å². The van der Waals surface area contributed by atoms with Crippen molar-refractivity contribution < 1.29 is 5.11 Å². The predicted molar refractivity (Wildman–Crippen MR) is 287 cm³/mol. The quantitative estimate of drug-likeness (QED) is 0.164. The van der Waals surface area contributed by atoms with Crippen LogP contribution in [0.1, 0.15) is 88.8 Å². The molecule has 0 fully saturated rings. The Balaban J connectivity index is 0.000000382. The highest BCUT2D eigenvalue weighted by Crippen LogP contribution is 2.37. The number of rotatable bonds is 6. The minimum Gasteiger partial charge on any atom is -0.400 e. The lowest BCUT2D eigenvalue weighted by molar-refractivity contribution is 0.399. The van der Waals surface area contributed by atoms with Crippen LogP contribution in [0.2, 0.25) is 0 Å². The van der Waals surface area contributed by atoms with Crippen LogP contribution in [0.25, 0.3) is 43.1 Å². The van der Waals surface area contributed by atoms with E-state index >= 15 is 0 Å². The highest BCUT2D eigenvalue weighted by Gasteiger charge is 2.08. The number of aliphatic hydroxyl groups is 1. The number of aryl methyl sites for hydroxylation is 6. The third-order valence-electron chi connectivity index (χ3n) is 9.84. The first-order valence-electron chi connectivity index (χ1n) is 23.1. The lowest BCUT2D eigenvalue weighted by atomic mass is 10.0. The summed E-state index contributed by atoms with van der Waals surface area (Å²) in [5, 5.41) is 50.4. The van der Waals surface area contributed by atoms with Crippen LogP contribution in [0.3, 0.4) is 0 Å². The van der Waals surface area contributed by atoms with E-state index in [-0.39, 0.29) is 0 Å². The summed E-state index contributed by atoms with van der Waals surface area (Å²) in [5.74, 6) is 0. The Morgan fingerprint density at radius 1 is 0.303 bits per heavy atom. The molecule has 8 aromatic carbocycles. The van der Waals surface area contributed by atoms with Gasteiger partial charge in [-0.25, -0.2) is 0 Å². The summed E-state index contributed by atoms with van der Waals surface area (Å²) in [5.41, 5.74) is 12.4. The monoisotopic (exact) mass is 885 g/mol. The highest BCUT2D eigenvalue weighted by atomic mass is 16.2. The Hall–Kier alpha value is -6.84. The fourth-order valence-electron chi connectivity index (χ4n) is 7.24. The van der Waals surface area contributed by atoms with Crippen molar-refractivity contribution in [2.45, 2.75) is 96.9 Å². The summed E-state index contributed by atoms with van der Waals surface area (Å²) in [6, 6.07) is 41.5. The van der Waals surface area contributed by atoms with Crippen molar-refractivity contribution in [3.05, 3.63) is 155 Å². The van der Waals surface area contributed by atoms with E-state index in [1.165, 1.54) is 49.4 Å².